The van der Waals surface area contributed by atoms with E-state index in [4.69, 9.17) is 4.74 Å². The van der Waals surface area contributed by atoms with Crippen LogP contribution < -0.4 is 5.32 Å². The van der Waals surface area contributed by atoms with Crippen LogP contribution in [0.5, 0.6) is 0 Å². The normalized spacial score (nSPS) is 27.6. The van der Waals surface area contributed by atoms with Gasteiger partial charge in [0.05, 0.1) is 6.10 Å². The lowest BCUT2D eigenvalue weighted by Gasteiger charge is -2.36. The maximum Gasteiger partial charge on any atom is 0.227 e. The summed E-state index contributed by atoms with van der Waals surface area (Å²) in [7, 11) is 0. The van der Waals surface area contributed by atoms with Crippen LogP contribution in [0.3, 0.4) is 0 Å². The fourth-order valence-corrected chi connectivity index (χ4v) is 3.69. The number of amides is 1. The van der Waals surface area contributed by atoms with Gasteiger partial charge in [-0.2, -0.15) is 0 Å². The number of hydrogen-bond donors (Lipinski definition) is 1. The maximum atomic E-state index is 12.3. The van der Waals surface area contributed by atoms with Crippen LogP contribution >= 0.6 is 0 Å². The highest BCUT2D eigenvalue weighted by Gasteiger charge is 2.33. The molecule has 4 nitrogen and oxygen atoms in total. The molecule has 0 saturated carbocycles. The molecule has 0 radical (unpaired) electrons. The topological polar surface area (TPSA) is 41.6 Å². The van der Waals surface area contributed by atoms with E-state index in [-0.39, 0.29) is 11.3 Å². The summed E-state index contributed by atoms with van der Waals surface area (Å²) < 4.78 is 5.86. The van der Waals surface area contributed by atoms with Gasteiger partial charge in [-0.15, -0.1) is 0 Å². The smallest absolute Gasteiger partial charge is 0.227 e. The molecule has 0 bridgehead atoms. The van der Waals surface area contributed by atoms with Crippen molar-refractivity contribution in [2.24, 2.45) is 17.3 Å². The molecular weight excluding hydrogens is 276 g/mol. The summed E-state index contributed by atoms with van der Waals surface area (Å²) in [5.41, 5.74) is -0.258. The first kappa shape index (κ1) is 17.7. The van der Waals surface area contributed by atoms with E-state index in [0.717, 1.165) is 39.1 Å². The van der Waals surface area contributed by atoms with Crippen molar-refractivity contribution in [3.05, 3.63) is 0 Å². The van der Waals surface area contributed by atoms with Gasteiger partial charge < -0.3 is 15.0 Å². The van der Waals surface area contributed by atoms with Crippen LogP contribution in [0.25, 0.3) is 0 Å². The van der Waals surface area contributed by atoms with Crippen molar-refractivity contribution in [3.8, 4) is 0 Å². The van der Waals surface area contributed by atoms with E-state index < -0.39 is 0 Å². The van der Waals surface area contributed by atoms with Crippen molar-refractivity contribution in [1.29, 1.82) is 0 Å². The molecule has 0 spiro atoms. The highest BCUT2D eigenvalue weighted by molar-refractivity contribution is 5.81. The highest BCUT2D eigenvalue weighted by Crippen LogP contribution is 2.27. The number of rotatable bonds is 4. The number of piperidine rings is 1. The Hall–Kier alpha value is -0.610. The third-order valence-corrected chi connectivity index (χ3v) is 5.01. The SMILES string of the molecule is CC(C)[C@H]1OCC[C@@H]1CNC1CCN(C(=O)C(C)(C)C)CC1. The molecular formula is C18H34N2O2. The van der Waals surface area contributed by atoms with Gasteiger partial charge in [0.15, 0.2) is 0 Å². The van der Waals surface area contributed by atoms with E-state index >= 15 is 0 Å². The minimum Gasteiger partial charge on any atom is -0.378 e. The zero-order chi connectivity index (χ0) is 16.3. The molecule has 4 heteroatoms. The molecule has 22 heavy (non-hydrogen) atoms. The molecule has 0 aromatic heterocycles. The number of hydrogen-bond acceptors (Lipinski definition) is 3. The average Bonchev–Trinajstić information content (AvgIpc) is 2.92. The zero-order valence-electron chi connectivity index (χ0n) is 15.0. The van der Waals surface area contributed by atoms with Gasteiger partial charge in [0.1, 0.15) is 0 Å². The monoisotopic (exact) mass is 310 g/mol. The van der Waals surface area contributed by atoms with Crippen LogP contribution in [0.15, 0.2) is 0 Å². The van der Waals surface area contributed by atoms with E-state index in [1.807, 2.05) is 25.7 Å². The summed E-state index contributed by atoms with van der Waals surface area (Å²) in [4.78, 5) is 14.3. The molecule has 2 aliphatic rings. The largest absolute Gasteiger partial charge is 0.378 e. The lowest BCUT2D eigenvalue weighted by molar-refractivity contribution is -0.140. The summed E-state index contributed by atoms with van der Waals surface area (Å²) in [5.74, 6) is 1.53. The Morgan fingerprint density at radius 3 is 2.41 bits per heavy atom. The van der Waals surface area contributed by atoms with Gasteiger partial charge in [-0.3, -0.25) is 4.79 Å². The van der Waals surface area contributed by atoms with Gasteiger partial charge in [-0.05, 0) is 31.1 Å². The Morgan fingerprint density at radius 1 is 1.23 bits per heavy atom. The molecule has 0 unspecified atom stereocenters. The molecule has 2 fully saturated rings. The van der Waals surface area contributed by atoms with Crippen LogP contribution in [0.2, 0.25) is 0 Å². The lowest BCUT2D eigenvalue weighted by Crippen LogP contribution is -2.49. The molecule has 2 atom stereocenters. The van der Waals surface area contributed by atoms with E-state index in [2.05, 4.69) is 19.2 Å². The minimum absolute atomic E-state index is 0.258. The predicted molar refractivity (Wildman–Crippen MR) is 89.7 cm³/mol. The summed E-state index contributed by atoms with van der Waals surface area (Å²) in [6.45, 7) is 14.3. The fourth-order valence-electron chi connectivity index (χ4n) is 3.69. The molecule has 2 heterocycles. The standard InChI is InChI=1S/C18H34N2O2/c1-13(2)16-14(8-11-22-16)12-19-15-6-9-20(10-7-15)17(21)18(3,4)5/h13-16,19H,6-12H2,1-5H3/t14-,16-/m1/s1. The Labute approximate surface area is 136 Å². The quantitative estimate of drug-likeness (QED) is 0.868. The third kappa shape index (κ3) is 4.45. The van der Waals surface area contributed by atoms with E-state index in [0.29, 0.717) is 24.0 Å². The maximum absolute atomic E-state index is 12.3. The van der Waals surface area contributed by atoms with Crippen LogP contribution in [-0.4, -0.2) is 49.2 Å². The van der Waals surface area contributed by atoms with Crippen LogP contribution in [0.4, 0.5) is 0 Å². The zero-order valence-corrected chi connectivity index (χ0v) is 15.0. The van der Waals surface area contributed by atoms with Gasteiger partial charge >= 0.3 is 0 Å². The number of nitrogens with one attached hydrogen (secondary N) is 1. The predicted octanol–water partition coefficient (Wildman–Crippen LogP) is 2.67. The summed E-state index contributed by atoms with van der Waals surface area (Å²) in [6.07, 6.45) is 3.73. The lowest BCUT2D eigenvalue weighted by atomic mass is 9.91. The molecule has 0 aliphatic carbocycles. The molecule has 1 amide bonds. The van der Waals surface area contributed by atoms with Crippen LogP contribution in [0.1, 0.15) is 53.9 Å². The molecule has 2 aliphatic heterocycles. The Balaban J connectivity index is 1.73. The number of nitrogens with zero attached hydrogens (tertiary/aromatic N) is 1. The minimum atomic E-state index is -0.258. The number of likely N-dealkylation sites (tertiary alicyclic amines) is 1. The van der Waals surface area contributed by atoms with Gasteiger partial charge in [-0.1, -0.05) is 34.6 Å². The molecule has 2 saturated heterocycles. The second-order valence-electron chi connectivity index (χ2n) is 8.35. The van der Waals surface area contributed by atoms with E-state index in [1.165, 1.54) is 6.42 Å². The molecule has 2 rings (SSSR count). The number of carbonyl (C=O) groups is 1. The van der Waals surface area contributed by atoms with E-state index in [9.17, 15) is 4.79 Å². The highest BCUT2D eigenvalue weighted by atomic mass is 16.5. The first-order valence-electron chi connectivity index (χ1n) is 8.93. The second-order valence-corrected chi connectivity index (χ2v) is 8.35. The van der Waals surface area contributed by atoms with Gasteiger partial charge in [0.25, 0.3) is 0 Å². The van der Waals surface area contributed by atoms with Crippen molar-refractivity contribution < 1.29 is 9.53 Å². The molecule has 128 valence electrons. The van der Waals surface area contributed by atoms with Crippen molar-refractivity contribution in [2.45, 2.75) is 66.0 Å². The van der Waals surface area contributed by atoms with Gasteiger partial charge in [0.2, 0.25) is 5.91 Å². The van der Waals surface area contributed by atoms with Gasteiger partial charge in [-0.25, -0.2) is 0 Å². The first-order chi connectivity index (χ1) is 10.3. The average molecular weight is 310 g/mol. The van der Waals surface area contributed by atoms with Crippen molar-refractivity contribution in [3.63, 3.8) is 0 Å². The summed E-state index contributed by atoms with van der Waals surface area (Å²) in [6, 6.07) is 0.553. The van der Waals surface area contributed by atoms with Crippen LogP contribution in [0, 0.1) is 17.3 Å². The van der Waals surface area contributed by atoms with Crippen LogP contribution in [-0.2, 0) is 9.53 Å². The van der Waals surface area contributed by atoms with Crippen molar-refractivity contribution in [1.82, 2.24) is 10.2 Å². The second kappa shape index (κ2) is 7.31. The Bertz CT molecular complexity index is 368. The number of ether oxygens (including phenoxy) is 1. The van der Waals surface area contributed by atoms with Crippen molar-refractivity contribution >= 4 is 5.91 Å². The first-order valence-corrected chi connectivity index (χ1v) is 8.93. The van der Waals surface area contributed by atoms with Gasteiger partial charge in [0, 0.05) is 37.7 Å². The summed E-state index contributed by atoms with van der Waals surface area (Å²) in [5, 5.41) is 3.73. The molecule has 1 N–H and O–H groups in total. The Kier molecular flexibility index (Phi) is 5.89. The van der Waals surface area contributed by atoms with Crippen molar-refractivity contribution in [2.75, 3.05) is 26.2 Å². The third-order valence-electron chi connectivity index (χ3n) is 5.01. The Morgan fingerprint density at radius 2 is 1.86 bits per heavy atom. The summed E-state index contributed by atoms with van der Waals surface area (Å²) >= 11 is 0. The number of carbonyl (C=O) groups excluding carboxylic acids is 1. The molecule has 0 aromatic rings. The van der Waals surface area contributed by atoms with E-state index in [1.54, 1.807) is 0 Å². The fraction of sp³-hybridized carbons (Fsp3) is 0.944. The molecule has 0 aromatic carbocycles.